The second kappa shape index (κ2) is 10.4. The van der Waals surface area contributed by atoms with Gasteiger partial charge >= 0.3 is 12.2 Å². The number of urea groups is 1. The number of carbonyl (C=O) groups is 1. The molecule has 3 aromatic rings. The van der Waals surface area contributed by atoms with Gasteiger partial charge < -0.3 is 19.5 Å². The van der Waals surface area contributed by atoms with E-state index >= 15 is 0 Å². The Morgan fingerprint density at radius 2 is 1.84 bits per heavy atom. The van der Waals surface area contributed by atoms with Gasteiger partial charge in [0.2, 0.25) is 0 Å². The van der Waals surface area contributed by atoms with Gasteiger partial charge in [0.25, 0.3) is 0 Å². The van der Waals surface area contributed by atoms with E-state index in [-0.39, 0.29) is 18.8 Å². The van der Waals surface area contributed by atoms with Crippen molar-refractivity contribution in [2.24, 2.45) is 0 Å². The average molecular weight is 445 g/mol. The van der Waals surface area contributed by atoms with Crippen LogP contribution in [-0.2, 0) is 24.0 Å². The Balaban J connectivity index is 1.74. The van der Waals surface area contributed by atoms with Crippen molar-refractivity contribution in [3.05, 3.63) is 89.2 Å². The maximum Gasteiger partial charge on any atom is 0.416 e. The van der Waals surface area contributed by atoms with Crippen LogP contribution in [-0.4, -0.2) is 35.8 Å². The quantitative estimate of drug-likeness (QED) is 0.495. The van der Waals surface area contributed by atoms with Crippen LogP contribution in [0.1, 0.15) is 22.4 Å². The Hall–Kier alpha value is -3.26. The number of nitrogens with one attached hydrogen (secondary N) is 1. The number of aryl methyl sites for hydroxylation is 1. The van der Waals surface area contributed by atoms with Crippen LogP contribution in [0.15, 0.2) is 66.9 Å². The van der Waals surface area contributed by atoms with Crippen LogP contribution in [0, 0.1) is 6.92 Å². The molecule has 0 aliphatic heterocycles. The Morgan fingerprint density at radius 1 is 1.09 bits per heavy atom. The van der Waals surface area contributed by atoms with E-state index in [1.165, 1.54) is 29.7 Å². The largest absolute Gasteiger partial charge is 0.416 e. The molecule has 32 heavy (non-hydrogen) atoms. The van der Waals surface area contributed by atoms with Crippen molar-refractivity contribution in [1.29, 1.82) is 0 Å². The Kier molecular flexibility index (Phi) is 7.58. The molecule has 3 rings (SSSR count). The molecule has 1 N–H and O–H groups in total. The van der Waals surface area contributed by atoms with E-state index in [0.29, 0.717) is 13.2 Å². The highest BCUT2D eigenvalue weighted by Gasteiger charge is 2.30. The number of carbonyl (C=O) groups excluding carboxylic acids is 1. The third-order valence-electron chi connectivity index (χ3n) is 5.04. The lowest BCUT2D eigenvalue weighted by Gasteiger charge is -2.24. The lowest BCUT2D eigenvalue weighted by molar-refractivity contribution is -0.137. The van der Waals surface area contributed by atoms with Crippen LogP contribution in [0.2, 0.25) is 0 Å². The van der Waals surface area contributed by atoms with Crippen molar-refractivity contribution < 1.29 is 22.7 Å². The molecule has 1 aromatic heterocycles. The van der Waals surface area contributed by atoms with Gasteiger partial charge in [-0.25, -0.2) is 4.79 Å². The van der Waals surface area contributed by atoms with Gasteiger partial charge in [0.1, 0.15) is 0 Å². The molecular formula is C24H26F3N3O2. The first-order chi connectivity index (χ1) is 15.3. The number of hydrogen-bond donors (Lipinski definition) is 1. The van der Waals surface area contributed by atoms with Gasteiger partial charge in [-0.15, -0.1) is 0 Å². The van der Waals surface area contributed by atoms with Crippen LogP contribution in [0.5, 0.6) is 0 Å². The van der Waals surface area contributed by atoms with E-state index in [2.05, 4.69) is 17.4 Å². The molecule has 8 heteroatoms. The number of ether oxygens (including phenoxy) is 1. The summed E-state index contributed by atoms with van der Waals surface area (Å²) in [7, 11) is 1.53. The summed E-state index contributed by atoms with van der Waals surface area (Å²) in [6.07, 6.45) is -2.54. The topological polar surface area (TPSA) is 46.5 Å². The number of anilines is 1. The van der Waals surface area contributed by atoms with Crippen molar-refractivity contribution >= 4 is 11.7 Å². The molecule has 0 saturated carbocycles. The van der Waals surface area contributed by atoms with Crippen molar-refractivity contribution in [3.8, 4) is 0 Å². The lowest BCUT2D eigenvalue weighted by Crippen LogP contribution is -2.37. The Morgan fingerprint density at radius 3 is 2.53 bits per heavy atom. The van der Waals surface area contributed by atoms with Crippen LogP contribution >= 0.6 is 0 Å². The summed E-state index contributed by atoms with van der Waals surface area (Å²) in [5.74, 6) is 0. The highest BCUT2D eigenvalue weighted by molar-refractivity contribution is 5.89. The van der Waals surface area contributed by atoms with Crippen molar-refractivity contribution in [2.75, 3.05) is 25.6 Å². The van der Waals surface area contributed by atoms with Gasteiger partial charge in [-0.05, 0) is 42.8 Å². The van der Waals surface area contributed by atoms with Gasteiger partial charge in [0, 0.05) is 37.8 Å². The molecule has 170 valence electrons. The summed E-state index contributed by atoms with van der Waals surface area (Å²) in [4.78, 5) is 14.4. The number of benzene rings is 2. The zero-order valence-electron chi connectivity index (χ0n) is 18.0. The maximum atomic E-state index is 13.0. The minimum Gasteiger partial charge on any atom is -0.383 e. The molecular weight excluding hydrogens is 419 g/mol. The zero-order valence-corrected chi connectivity index (χ0v) is 18.0. The molecule has 0 radical (unpaired) electrons. The normalized spacial score (nSPS) is 11.4. The van der Waals surface area contributed by atoms with Crippen LogP contribution in [0.25, 0.3) is 0 Å². The van der Waals surface area contributed by atoms with E-state index in [0.717, 1.165) is 23.4 Å². The molecule has 1 heterocycles. The second-order valence-corrected chi connectivity index (χ2v) is 7.54. The zero-order chi connectivity index (χ0) is 23.1. The minimum atomic E-state index is -4.48. The molecule has 0 bridgehead atoms. The van der Waals surface area contributed by atoms with Gasteiger partial charge in [-0.3, -0.25) is 0 Å². The van der Waals surface area contributed by atoms with Gasteiger partial charge in [-0.1, -0.05) is 35.9 Å². The van der Waals surface area contributed by atoms with Gasteiger partial charge in [0.15, 0.2) is 0 Å². The lowest BCUT2D eigenvalue weighted by atomic mass is 10.1. The Bertz CT molecular complexity index is 1030. The summed E-state index contributed by atoms with van der Waals surface area (Å²) < 4.78 is 46.1. The maximum absolute atomic E-state index is 13.0. The number of aromatic nitrogens is 1. The van der Waals surface area contributed by atoms with Crippen LogP contribution in [0.4, 0.5) is 23.7 Å². The van der Waals surface area contributed by atoms with E-state index in [1.54, 1.807) is 0 Å². The molecule has 0 spiro atoms. The number of methoxy groups -OCH3 is 1. The average Bonchev–Trinajstić information content (AvgIpc) is 3.18. The molecule has 2 aromatic carbocycles. The van der Waals surface area contributed by atoms with Crippen LogP contribution < -0.4 is 5.32 Å². The number of halogens is 3. The summed E-state index contributed by atoms with van der Waals surface area (Å²) in [6.45, 7) is 3.55. The smallest absolute Gasteiger partial charge is 0.383 e. The third kappa shape index (κ3) is 6.37. The van der Waals surface area contributed by atoms with E-state index < -0.39 is 17.8 Å². The second-order valence-electron chi connectivity index (χ2n) is 7.54. The molecule has 5 nitrogen and oxygen atoms in total. The highest BCUT2D eigenvalue weighted by atomic mass is 19.4. The van der Waals surface area contributed by atoms with Gasteiger partial charge in [0.05, 0.1) is 18.7 Å². The Labute approximate surface area is 185 Å². The van der Waals surface area contributed by atoms with Crippen molar-refractivity contribution in [3.63, 3.8) is 0 Å². The molecule has 0 aliphatic rings. The fraction of sp³-hybridized carbons (Fsp3) is 0.292. The first-order valence-electron chi connectivity index (χ1n) is 10.2. The first kappa shape index (κ1) is 23.4. The molecule has 0 atom stereocenters. The fourth-order valence-electron chi connectivity index (χ4n) is 3.26. The predicted octanol–water partition coefficient (Wildman–Crippen LogP) is 5.54. The SMILES string of the molecule is COCCN(Cc1cccn1Cc1ccc(C)cc1)C(=O)Nc1cccc(C(F)(F)F)c1. The third-order valence-corrected chi connectivity index (χ3v) is 5.04. The summed E-state index contributed by atoms with van der Waals surface area (Å²) in [5.41, 5.74) is 2.48. The fourth-order valence-corrected chi connectivity index (χ4v) is 3.26. The summed E-state index contributed by atoms with van der Waals surface area (Å²) in [5, 5.41) is 2.57. The number of alkyl halides is 3. The molecule has 0 fully saturated rings. The highest BCUT2D eigenvalue weighted by Crippen LogP contribution is 2.30. The predicted molar refractivity (Wildman–Crippen MR) is 117 cm³/mol. The summed E-state index contributed by atoms with van der Waals surface area (Å²) >= 11 is 0. The minimum absolute atomic E-state index is 0.0854. The number of hydrogen-bond acceptors (Lipinski definition) is 2. The standard InChI is InChI=1S/C24H26F3N3O2/c1-18-8-10-19(11-9-18)16-29-12-4-7-22(29)17-30(13-14-32-2)23(31)28-21-6-3-5-20(15-21)24(25,26)27/h3-12,15H,13-14,16-17H2,1-2H3,(H,28,31). The number of amides is 2. The summed E-state index contributed by atoms with van der Waals surface area (Å²) in [6, 6.07) is 16.1. The molecule has 0 aliphatic carbocycles. The van der Waals surface area contributed by atoms with E-state index in [9.17, 15) is 18.0 Å². The van der Waals surface area contributed by atoms with E-state index in [1.807, 2.05) is 42.0 Å². The van der Waals surface area contributed by atoms with E-state index in [4.69, 9.17) is 4.74 Å². The van der Waals surface area contributed by atoms with Crippen LogP contribution in [0.3, 0.4) is 0 Å². The van der Waals surface area contributed by atoms with Crippen molar-refractivity contribution in [2.45, 2.75) is 26.2 Å². The van der Waals surface area contributed by atoms with Gasteiger partial charge in [-0.2, -0.15) is 13.2 Å². The van der Waals surface area contributed by atoms with Crippen molar-refractivity contribution in [1.82, 2.24) is 9.47 Å². The monoisotopic (exact) mass is 445 g/mol. The number of rotatable bonds is 8. The first-order valence-corrected chi connectivity index (χ1v) is 10.2. The molecule has 0 unspecified atom stereocenters. The number of nitrogens with zero attached hydrogens (tertiary/aromatic N) is 2. The molecule has 0 saturated heterocycles. The molecule has 2 amide bonds.